The van der Waals surface area contributed by atoms with Crippen LogP contribution < -0.4 is 14.2 Å². The second-order valence-corrected chi connectivity index (χ2v) is 7.56. The van der Waals surface area contributed by atoms with E-state index in [4.69, 9.17) is 19.3 Å². The molecule has 0 aliphatic heterocycles. The van der Waals surface area contributed by atoms with E-state index in [9.17, 15) is 18.0 Å². The number of carboxylic acid groups (broad SMARTS) is 1. The number of carboxylic acids is 1. The molecule has 3 rings (SSSR count). The lowest BCUT2D eigenvalue weighted by atomic mass is 10.1. The number of carbonyl (C=O) groups is 1. The van der Waals surface area contributed by atoms with Crippen molar-refractivity contribution in [2.75, 3.05) is 20.3 Å². The third kappa shape index (κ3) is 7.11. The largest absolute Gasteiger partial charge is 0.497 e. The Morgan fingerprint density at radius 3 is 2.54 bits per heavy atom. The van der Waals surface area contributed by atoms with Gasteiger partial charge in [-0.3, -0.25) is 4.79 Å². The number of hydrogen-bond donors (Lipinski definition) is 1. The van der Waals surface area contributed by atoms with Gasteiger partial charge in [-0.2, -0.15) is 13.2 Å². The Balaban J connectivity index is 1.66. The summed E-state index contributed by atoms with van der Waals surface area (Å²) in [6.07, 6.45) is -0.614. The van der Waals surface area contributed by atoms with Gasteiger partial charge in [0.05, 0.1) is 25.9 Å². The molecule has 1 N–H and O–H groups in total. The van der Waals surface area contributed by atoms with Crippen LogP contribution in [0.15, 0.2) is 42.7 Å². The molecule has 0 radical (unpaired) electrons. The number of ether oxygens (including phenoxy) is 3. The van der Waals surface area contributed by atoms with E-state index >= 15 is 0 Å². The molecule has 3 aromatic rings. The fraction of sp³-hybridized carbons (Fsp3) is 0.375. The van der Waals surface area contributed by atoms with Crippen LogP contribution in [0.5, 0.6) is 17.4 Å². The summed E-state index contributed by atoms with van der Waals surface area (Å²) < 4.78 is 56.5. The number of methoxy groups -OCH3 is 1. The highest BCUT2D eigenvalue weighted by Crippen LogP contribution is 2.29. The number of rotatable bonds is 12. The van der Waals surface area contributed by atoms with Crippen LogP contribution in [0.4, 0.5) is 13.2 Å². The topological polar surface area (TPSA) is 95.7 Å². The second-order valence-electron chi connectivity index (χ2n) is 7.56. The molecule has 0 saturated heterocycles. The lowest BCUT2D eigenvalue weighted by molar-refractivity contribution is -0.138. The number of alkyl halides is 3. The zero-order valence-electron chi connectivity index (χ0n) is 19.3. The van der Waals surface area contributed by atoms with E-state index in [2.05, 4.69) is 10.1 Å². The van der Waals surface area contributed by atoms with Gasteiger partial charge < -0.3 is 19.3 Å². The zero-order chi connectivity index (χ0) is 25.4. The average Bonchev–Trinajstić information content (AvgIpc) is 3.23. The highest BCUT2D eigenvalue weighted by atomic mass is 19.4. The summed E-state index contributed by atoms with van der Waals surface area (Å²) in [7, 11) is 1.53. The van der Waals surface area contributed by atoms with Crippen molar-refractivity contribution in [2.45, 2.75) is 38.8 Å². The zero-order valence-corrected chi connectivity index (χ0v) is 19.3. The molecule has 0 fully saturated rings. The fourth-order valence-corrected chi connectivity index (χ4v) is 3.34. The van der Waals surface area contributed by atoms with Crippen LogP contribution >= 0.6 is 0 Å². The van der Waals surface area contributed by atoms with Crippen molar-refractivity contribution in [1.29, 1.82) is 0 Å². The van der Waals surface area contributed by atoms with Crippen molar-refractivity contribution < 1.29 is 37.3 Å². The van der Waals surface area contributed by atoms with Crippen LogP contribution in [-0.2, 0) is 23.8 Å². The van der Waals surface area contributed by atoms with Crippen molar-refractivity contribution >= 4 is 5.97 Å². The average molecular weight is 493 g/mol. The van der Waals surface area contributed by atoms with Crippen molar-refractivity contribution in [2.24, 2.45) is 0 Å². The van der Waals surface area contributed by atoms with Crippen LogP contribution in [0.3, 0.4) is 0 Å². The Morgan fingerprint density at radius 1 is 1.11 bits per heavy atom. The van der Waals surface area contributed by atoms with Crippen molar-refractivity contribution in [3.05, 3.63) is 59.4 Å². The monoisotopic (exact) mass is 493 g/mol. The molecular formula is C24H26F3N3O5. The van der Waals surface area contributed by atoms with Gasteiger partial charge in [0.15, 0.2) is 5.82 Å². The van der Waals surface area contributed by atoms with Gasteiger partial charge in [0.1, 0.15) is 11.5 Å². The number of halogens is 3. The molecule has 2 aromatic heterocycles. The summed E-state index contributed by atoms with van der Waals surface area (Å²) in [6, 6.07) is 7.45. The summed E-state index contributed by atoms with van der Waals surface area (Å²) in [5, 5.41) is 13.3. The second kappa shape index (κ2) is 11.6. The fourth-order valence-electron chi connectivity index (χ4n) is 3.34. The molecule has 0 aliphatic carbocycles. The SMILES string of the molecule is CCOc1nn(-c2ccc(C(F)(F)F)cn2)cc1CCCOc1ccc(OC)cc1CCC(=O)O. The summed E-state index contributed by atoms with van der Waals surface area (Å²) in [5.41, 5.74) is 0.665. The molecule has 0 spiro atoms. The first kappa shape index (κ1) is 25.9. The maximum Gasteiger partial charge on any atom is 0.417 e. The van der Waals surface area contributed by atoms with Crippen molar-refractivity contribution in [3.63, 3.8) is 0 Å². The normalized spacial score (nSPS) is 11.3. The molecule has 0 bridgehead atoms. The number of aliphatic carboxylic acids is 1. The van der Waals surface area contributed by atoms with E-state index in [0.29, 0.717) is 49.9 Å². The predicted molar refractivity (Wildman–Crippen MR) is 120 cm³/mol. The summed E-state index contributed by atoms with van der Waals surface area (Å²) in [6.45, 7) is 2.53. The first-order valence-electron chi connectivity index (χ1n) is 11.0. The van der Waals surface area contributed by atoms with Gasteiger partial charge in [0.2, 0.25) is 5.88 Å². The van der Waals surface area contributed by atoms with Crippen LogP contribution in [0.25, 0.3) is 5.82 Å². The lowest BCUT2D eigenvalue weighted by Crippen LogP contribution is -2.07. The number of pyridine rings is 1. The number of benzene rings is 1. The smallest absolute Gasteiger partial charge is 0.417 e. The van der Waals surface area contributed by atoms with E-state index in [1.54, 1.807) is 24.4 Å². The number of hydrogen-bond acceptors (Lipinski definition) is 6. The molecule has 2 heterocycles. The van der Waals surface area contributed by atoms with Crippen LogP contribution in [0, 0.1) is 0 Å². The standard InChI is InChI=1S/C24H26F3N3O5/c1-3-34-23-17(15-30(29-23)21-10-7-18(14-28-21)24(25,26)27)5-4-12-35-20-9-8-19(33-2)13-16(20)6-11-22(31)32/h7-10,13-15H,3-6,11-12H2,1-2H3,(H,31,32). The number of aromatic nitrogens is 3. The minimum atomic E-state index is -4.46. The van der Waals surface area contributed by atoms with Gasteiger partial charge >= 0.3 is 12.1 Å². The highest BCUT2D eigenvalue weighted by molar-refractivity contribution is 5.67. The Kier molecular flexibility index (Phi) is 8.56. The molecule has 11 heteroatoms. The van der Waals surface area contributed by atoms with Gasteiger partial charge in [-0.25, -0.2) is 9.67 Å². The van der Waals surface area contributed by atoms with Crippen molar-refractivity contribution in [1.82, 2.24) is 14.8 Å². The molecule has 1 aromatic carbocycles. The Bertz CT molecular complexity index is 1130. The van der Waals surface area contributed by atoms with E-state index in [1.165, 1.54) is 17.9 Å². The molecule has 0 aliphatic rings. The van der Waals surface area contributed by atoms with Gasteiger partial charge in [0, 0.05) is 24.4 Å². The van der Waals surface area contributed by atoms with Crippen molar-refractivity contribution in [3.8, 4) is 23.2 Å². The van der Waals surface area contributed by atoms with Crippen LogP contribution in [0.2, 0.25) is 0 Å². The molecule has 8 nitrogen and oxygen atoms in total. The summed E-state index contributed by atoms with van der Waals surface area (Å²) in [5.74, 6) is 0.912. The minimum Gasteiger partial charge on any atom is -0.497 e. The van der Waals surface area contributed by atoms with Gasteiger partial charge in [-0.15, -0.1) is 5.10 Å². The summed E-state index contributed by atoms with van der Waals surface area (Å²) in [4.78, 5) is 14.8. The maximum atomic E-state index is 12.8. The van der Waals surface area contributed by atoms with Crippen LogP contribution in [-0.4, -0.2) is 46.2 Å². The van der Waals surface area contributed by atoms with Gasteiger partial charge in [-0.1, -0.05) is 0 Å². The Morgan fingerprint density at radius 2 is 1.91 bits per heavy atom. The summed E-state index contributed by atoms with van der Waals surface area (Å²) >= 11 is 0. The van der Waals surface area contributed by atoms with Crippen LogP contribution in [0.1, 0.15) is 36.5 Å². The molecule has 0 saturated carbocycles. The first-order valence-corrected chi connectivity index (χ1v) is 11.0. The third-order valence-corrected chi connectivity index (χ3v) is 5.07. The van der Waals surface area contributed by atoms with E-state index in [0.717, 1.165) is 23.4 Å². The first-order chi connectivity index (χ1) is 16.7. The highest BCUT2D eigenvalue weighted by Gasteiger charge is 2.30. The van der Waals surface area contributed by atoms with Gasteiger partial charge in [-0.05, 0) is 62.1 Å². The number of nitrogens with zero attached hydrogens (tertiary/aromatic N) is 3. The quantitative estimate of drug-likeness (QED) is 0.365. The van der Waals surface area contributed by atoms with E-state index < -0.39 is 17.7 Å². The number of aryl methyl sites for hydroxylation is 2. The minimum absolute atomic E-state index is 0.0294. The molecule has 0 atom stereocenters. The van der Waals surface area contributed by atoms with Gasteiger partial charge in [0.25, 0.3) is 0 Å². The molecular weight excluding hydrogens is 467 g/mol. The predicted octanol–water partition coefficient (Wildman–Crippen LogP) is 4.72. The molecule has 35 heavy (non-hydrogen) atoms. The molecule has 0 amide bonds. The lowest BCUT2D eigenvalue weighted by Gasteiger charge is -2.12. The maximum absolute atomic E-state index is 12.8. The Labute approximate surface area is 200 Å². The Hall–Kier alpha value is -3.76. The molecule has 188 valence electrons. The van der Waals surface area contributed by atoms with E-state index in [1.807, 2.05) is 6.92 Å². The third-order valence-electron chi connectivity index (χ3n) is 5.07. The molecule has 0 unspecified atom stereocenters. The van der Waals surface area contributed by atoms with E-state index in [-0.39, 0.29) is 12.2 Å².